The third kappa shape index (κ3) is 4.49. The number of nitrogens with one attached hydrogen (secondary N) is 1. The molecule has 5 nitrogen and oxygen atoms in total. The van der Waals surface area contributed by atoms with Crippen molar-refractivity contribution >= 4 is 5.91 Å². The van der Waals surface area contributed by atoms with Crippen LogP contribution >= 0.6 is 0 Å². The molecule has 3 aromatic rings. The van der Waals surface area contributed by atoms with Gasteiger partial charge in [0, 0.05) is 5.56 Å². The van der Waals surface area contributed by atoms with Gasteiger partial charge in [0.1, 0.15) is 18.1 Å². The largest absolute Gasteiger partial charge is 0.489 e. The Morgan fingerprint density at radius 2 is 2.00 bits per heavy atom. The van der Waals surface area contributed by atoms with Crippen molar-refractivity contribution in [3.63, 3.8) is 0 Å². The summed E-state index contributed by atoms with van der Waals surface area (Å²) in [6, 6.07) is 19.8. The quantitative estimate of drug-likeness (QED) is 0.747. The minimum atomic E-state index is -0.176. The van der Waals surface area contributed by atoms with Gasteiger partial charge in [-0.15, -0.1) is 0 Å². The van der Waals surface area contributed by atoms with E-state index in [9.17, 15) is 4.79 Å². The van der Waals surface area contributed by atoms with Crippen molar-refractivity contribution < 1.29 is 13.9 Å². The van der Waals surface area contributed by atoms with E-state index in [4.69, 9.17) is 14.4 Å². The lowest BCUT2D eigenvalue weighted by Crippen LogP contribution is -2.22. The Labute approximate surface area is 145 Å². The highest BCUT2D eigenvalue weighted by molar-refractivity contribution is 5.94. The number of rotatable bonds is 6. The molecule has 25 heavy (non-hydrogen) atoms. The van der Waals surface area contributed by atoms with Crippen LogP contribution in [0.25, 0.3) is 0 Å². The van der Waals surface area contributed by atoms with E-state index in [1.54, 1.807) is 54.8 Å². The summed E-state index contributed by atoms with van der Waals surface area (Å²) in [7, 11) is 0. The third-order valence-electron chi connectivity index (χ3n) is 3.56. The Morgan fingerprint density at radius 1 is 1.12 bits per heavy atom. The Kier molecular flexibility index (Phi) is 5.13. The Balaban J connectivity index is 1.60. The molecule has 0 saturated heterocycles. The zero-order valence-electron chi connectivity index (χ0n) is 13.4. The number of nitriles is 1. The molecule has 0 aliphatic rings. The standard InChI is InChI=1S/C20H16N2O3/c21-12-15-4-2-7-18(11-15)25-14-16-5-1-6-17(10-16)20(23)22-13-19-8-3-9-24-19/h1-11H,13-14H2,(H,22,23). The van der Waals surface area contributed by atoms with Crippen LogP contribution in [-0.2, 0) is 13.2 Å². The lowest BCUT2D eigenvalue weighted by Gasteiger charge is -2.08. The van der Waals surface area contributed by atoms with Gasteiger partial charge in [-0.3, -0.25) is 4.79 Å². The molecule has 0 radical (unpaired) electrons. The number of nitrogens with zero attached hydrogens (tertiary/aromatic N) is 1. The second-order valence-electron chi connectivity index (χ2n) is 5.39. The van der Waals surface area contributed by atoms with Gasteiger partial charge in [0.15, 0.2) is 0 Å². The molecule has 1 amide bonds. The summed E-state index contributed by atoms with van der Waals surface area (Å²) in [6.07, 6.45) is 1.57. The van der Waals surface area contributed by atoms with E-state index in [1.165, 1.54) is 0 Å². The predicted molar refractivity (Wildman–Crippen MR) is 91.8 cm³/mol. The second-order valence-corrected chi connectivity index (χ2v) is 5.39. The smallest absolute Gasteiger partial charge is 0.251 e. The van der Waals surface area contributed by atoms with Crippen molar-refractivity contribution in [2.45, 2.75) is 13.2 Å². The number of carbonyl (C=O) groups is 1. The Bertz CT molecular complexity index is 895. The molecule has 1 N–H and O–H groups in total. The fourth-order valence-corrected chi connectivity index (χ4v) is 2.31. The number of furan rings is 1. The van der Waals surface area contributed by atoms with Crippen LogP contribution < -0.4 is 10.1 Å². The average molecular weight is 332 g/mol. The lowest BCUT2D eigenvalue weighted by atomic mass is 10.1. The topological polar surface area (TPSA) is 75.3 Å². The van der Waals surface area contributed by atoms with E-state index in [0.717, 1.165) is 5.56 Å². The maximum Gasteiger partial charge on any atom is 0.251 e. The van der Waals surface area contributed by atoms with Crippen LogP contribution in [0, 0.1) is 11.3 Å². The van der Waals surface area contributed by atoms with E-state index >= 15 is 0 Å². The van der Waals surface area contributed by atoms with Gasteiger partial charge in [0.25, 0.3) is 5.91 Å². The van der Waals surface area contributed by atoms with Crippen LogP contribution in [0.3, 0.4) is 0 Å². The normalized spacial score (nSPS) is 10.0. The first-order chi connectivity index (χ1) is 12.2. The summed E-state index contributed by atoms with van der Waals surface area (Å²) in [5, 5.41) is 11.7. The zero-order valence-corrected chi connectivity index (χ0v) is 13.4. The van der Waals surface area contributed by atoms with Crippen LogP contribution in [0.15, 0.2) is 71.3 Å². The SMILES string of the molecule is N#Cc1cccc(OCc2cccc(C(=O)NCc3ccco3)c2)c1. The van der Waals surface area contributed by atoms with Crippen LogP contribution in [0.2, 0.25) is 0 Å². The van der Waals surface area contributed by atoms with Gasteiger partial charge in [-0.1, -0.05) is 18.2 Å². The minimum absolute atomic E-state index is 0.176. The van der Waals surface area contributed by atoms with Gasteiger partial charge in [0.05, 0.1) is 24.4 Å². The summed E-state index contributed by atoms with van der Waals surface area (Å²) in [4.78, 5) is 12.2. The number of hydrogen-bond acceptors (Lipinski definition) is 4. The Morgan fingerprint density at radius 3 is 2.80 bits per heavy atom. The van der Waals surface area contributed by atoms with Crippen LogP contribution in [0.1, 0.15) is 27.2 Å². The molecule has 124 valence electrons. The molecule has 5 heteroatoms. The molecule has 0 atom stereocenters. The van der Waals surface area contributed by atoms with E-state index in [2.05, 4.69) is 11.4 Å². The first kappa shape index (κ1) is 16.3. The van der Waals surface area contributed by atoms with Crippen molar-refractivity contribution in [3.8, 4) is 11.8 Å². The van der Waals surface area contributed by atoms with Crippen molar-refractivity contribution in [3.05, 3.63) is 89.4 Å². The molecule has 0 saturated carbocycles. The minimum Gasteiger partial charge on any atom is -0.489 e. The number of benzene rings is 2. The van der Waals surface area contributed by atoms with Crippen LogP contribution in [0.4, 0.5) is 0 Å². The highest BCUT2D eigenvalue weighted by Gasteiger charge is 2.07. The molecule has 0 aliphatic carbocycles. The van der Waals surface area contributed by atoms with Gasteiger partial charge in [-0.05, 0) is 48.0 Å². The molecular formula is C20H16N2O3. The summed E-state index contributed by atoms with van der Waals surface area (Å²) < 4.78 is 10.9. The Hall–Kier alpha value is -3.52. The summed E-state index contributed by atoms with van der Waals surface area (Å²) in [6.45, 7) is 0.654. The second kappa shape index (κ2) is 7.84. The maximum absolute atomic E-state index is 12.2. The average Bonchev–Trinajstić information content (AvgIpc) is 3.18. The van der Waals surface area contributed by atoms with Gasteiger partial charge in [-0.25, -0.2) is 0 Å². The van der Waals surface area contributed by atoms with Gasteiger partial charge < -0.3 is 14.5 Å². The first-order valence-corrected chi connectivity index (χ1v) is 7.77. The van der Waals surface area contributed by atoms with E-state index < -0.39 is 0 Å². The molecule has 0 aliphatic heterocycles. The maximum atomic E-state index is 12.2. The van der Waals surface area contributed by atoms with Crippen LogP contribution in [0.5, 0.6) is 5.75 Å². The number of ether oxygens (including phenoxy) is 1. The third-order valence-corrected chi connectivity index (χ3v) is 3.56. The molecule has 1 heterocycles. The fraction of sp³-hybridized carbons (Fsp3) is 0.100. The van der Waals surface area contributed by atoms with Crippen molar-refractivity contribution in [1.29, 1.82) is 5.26 Å². The van der Waals surface area contributed by atoms with Crippen molar-refractivity contribution in [1.82, 2.24) is 5.32 Å². The monoisotopic (exact) mass is 332 g/mol. The van der Waals surface area contributed by atoms with Crippen molar-refractivity contribution in [2.24, 2.45) is 0 Å². The van der Waals surface area contributed by atoms with Crippen molar-refractivity contribution in [2.75, 3.05) is 0 Å². The lowest BCUT2D eigenvalue weighted by molar-refractivity contribution is 0.0948. The van der Waals surface area contributed by atoms with Gasteiger partial charge in [0.2, 0.25) is 0 Å². The number of carbonyl (C=O) groups excluding carboxylic acids is 1. The fourth-order valence-electron chi connectivity index (χ4n) is 2.31. The summed E-state index contributed by atoms with van der Waals surface area (Å²) in [5.74, 6) is 1.14. The first-order valence-electron chi connectivity index (χ1n) is 7.77. The molecule has 0 bridgehead atoms. The van der Waals surface area contributed by atoms with Crippen LogP contribution in [-0.4, -0.2) is 5.91 Å². The number of hydrogen-bond donors (Lipinski definition) is 1. The molecule has 3 rings (SSSR count). The van der Waals surface area contributed by atoms with Gasteiger partial charge >= 0.3 is 0 Å². The molecule has 2 aromatic carbocycles. The molecule has 0 unspecified atom stereocenters. The highest BCUT2D eigenvalue weighted by Crippen LogP contribution is 2.15. The highest BCUT2D eigenvalue weighted by atomic mass is 16.5. The summed E-state index contributed by atoms with van der Waals surface area (Å²) in [5.41, 5.74) is 1.97. The predicted octanol–water partition coefficient (Wildman–Crippen LogP) is 3.66. The van der Waals surface area contributed by atoms with E-state index in [-0.39, 0.29) is 5.91 Å². The zero-order chi connectivity index (χ0) is 17.5. The molecule has 0 spiro atoms. The molecule has 0 fully saturated rings. The molecule has 1 aromatic heterocycles. The van der Waals surface area contributed by atoms with Gasteiger partial charge in [-0.2, -0.15) is 5.26 Å². The van der Waals surface area contributed by atoms with E-state index in [1.807, 2.05) is 12.1 Å². The molecular weight excluding hydrogens is 316 g/mol. The summed E-state index contributed by atoms with van der Waals surface area (Å²) >= 11 is 0. The van der Waals surface area contributed by atoms with E-state index in [0.29, 0.717) is 35.8 Å². The number of amides is 1.